The lowest BCUT2D eigenvalue weighted by Crippen LogP contribution is -2.28. The molecule has 90 valence electrons. The van der Waals surface area contributed by atoms with Crippen molar-refractivity contribution in [3.63, 3.8) is 0 Å². The summed E-state index contributed by atoms with van der Waals surface area (Å²) in [5.41, 5.74) is 5.37. The van der Waals surface area contributed by atoms with Gasteiger partial charge >= 0.3 is 0 Å². The lowest BCUT2D eigenvalue weighted by molar-refractivity contribution is -0.121. The molecule has 3 N–H and O–H groups in total. The lowest BCUT2D eigenvalue weighted by atomic mass is 10.1. The average Bonchev–Trinajstić information content (AvgIpc) is 2.11. The van der Waals surface area contributed by atoms with Crippen molar-refractivity contribution in [3.8, 4) is 0 Å². The van der Waals surface area contributed by atoms with Crippen molar-refractivity contribution >= 4 is 15.7 Å². The third-order valence-electron chi connectivity index (χ3n) is 1.95. The van der Waals surface area contributed by atoms with Gasteiger partial charge in [-0.1, -0.05) is 6.92 Å². The molecule has 0 radical (unpaired) electrons. The highest BCUT2D eigenvalue weighted by Gasteiger charge is 2.07. The molecule has 6 heteroatoms. The SMILES string of the molecule is CC(CN)CC(=O)NCCCS(C)(=O)=O. The van der Waals surface area contributed by atoms with Gasteiger partial charge < -0.3 is 11.1 Å². The first kappa shape index (κ1) is 14.4. The van der Waals surface area contributed by atoms with Crippen molar-refractivity contribution < 1.29 is 13.2 Å². The summed E-state index contributed by atoms with van der Waals surface area (Å²) in [4.78, 5) is 11.2. The molecule has 0 aliphatic rings. The Morgan fingerprint density at radius 2 is 2.07 bits per heavy atom. The molecule has 0 aromatic carbocycles. The molecule has 15 heavy (non-hydrogen) atoms. The number of amides is 1. The number of carbonyl (C=O) groups is 1. The van der Waals surface area contributed by atoms with Gasteiger partial charge in [-0.2, -0.15) is 0 Å². The molecule has 0 bridgehead atoms. The van der Waals surface area contributed by atoms with Gasteiger partial charge in [0.15, 0.2) is 0 Å². The van der Waals surface area contributed by atoms with Gasteiger partial charge in [0, 0.05) is 19.2 Å². The van der Waals surface area contributed by atoms with Crippen LogP contribution in [0.25, 0.3) is 0 Å². The van der Waals surface area contributed by atoms with Crippen LogP contribution in [0.3, 0.4) is 0 Å². The third-order valence-corrected chi connectivity index (χ3v) is 2.98. The van der Waals surface area contributed by atoms with Crippen LogP contribution in [0.2, 0.25) is 0 Å². The Bertz CT molecular complexity index is 288. The highest BCUT2D eigenvalue weighted by Crippen LogP contribution is 1.97. The van der Waals surface area contributed by atoms with Gasteiger partial charge in [-0.15, -0.1) is 0 Å². The largest absolute Gasteiger partial charge is 0.356 e. The topological polar surface area (TPSA) is 89.3 Å². The van der Waals surface area contributed by atoms with Crippen molar-refractivity contribution in [2.24, 2.45) is 11.7 Å². The Balaban J connectivity index is 3.56. The Kier molecular flexibility index (Phi) is 6.51. The Labute approximate surface area is 91.3 Å². The minimum absolute atomic E-state index is 0.0681. The van der Waals surface area contributed by atoms with Crippen molar-refractivity contribution in [2.45, 2.75) is 19.8 Å². The number of nitrogens with two attached hydrogens (primary N) is 1. The number of sulfone groups is 1. The summed E-state index contributed by atoms with van der Waals surface area (Å²) in [5, 5.41) is 2.66. The zero-order valence-electron chi connectivity index (χ0n) is 9.32. The second-order valence-electron chi connectivity index (χ2n) is 3.88. The van der Waals surface area contributed by atoms with E-state index in [2.05, 4.69) is 5.32 Å². The van der Waals surface area contributed by atoms with E-state index in [4.69, 9.17) is 5.73 Å². The van der Waals surface area contributed by atoms with E-state index in [-0.39, 0.29) is 17.6 Å². The minimum atomic E-state index is -2.92. The standard InChI is InChI=1S/C9H20N2O3S/c1-8(7-10)6-9(12)11-4-3-5-15(2,13)14/h8H,3-7,10H2,1-2H3,(H,11,12). The van der Waals surface area contributed by atoms with Crippen LogP contribution in [0.15, 0.2) is 0 Å². The first-order valence-electron chi connectivity index (χ1n) is 4.99. The van der Waals surface area contributed by atoms with Crippen LogP contribution in [0.1, 0.15) is 19.8 Å². The number of carbonyl (C=O) groups excluding carboxylic acids is 1. The Morgan fingerprint density at radius 3 is 2.53 bits per heavy atom. The van der Waals surface area contributed by atoms with Crippen LogP contribution in [0, 0.1) is 5.92 Å². The number of hydrogen-bond donors (Lipinski definition) is 2. The number of nitrogens with one attached hydrogen (secondary N) is 1. The third kappa shape index (κ3) is 9.68. The predicted octanol–water partition coefficient (Wildman–Crippen LogP) is -0.478. The van der Waals surface area contributed by atoms with Gasteiger partial charge in [-0.25, -0.2) is 8.42 Å². The van der Waals surface area contributed by atoms with Gasteiger partial charge in [0.2, 0.25) is 5.91 Å². The van der Waals surface area contributed by atoms with Crippen molar-refractivity contribution in [1.82, 2.24) is 5.32 Å². The van der Waals surface area contributed by atoms with Crippen LogP contribution in [-0.4, -0.2) is 39.4 Å². The first-order valence-corrected chi connectivity index (χ1v) is 7.05. The molecule has 0 aliphatic carbocycles. The van der Waals surface area contributed by atoms with Gasteiger partial charge in [0.05, 0.1) is 5.75 Å². The highest BCUT2D eigenvalue weighted by atomic mass is 32.2. The fourth-order valence-corrected chi connectivity index (χ4v) is 1.70. The molecule has 0 aromatic heterocycles. The van der Waals surface area contributed by atoms with Gasteiger partial charge in [-0.05, 0) is 18.9 Å². The van der Waals surface area contributed by atoms with Crippen molar-refractivity contribution in [2.75, 3.05) is 25.1 Å². The van der Waals surface area contributed by atoms with Gasteiger partial charge in [-0.3, -0.25) is 4.79 Å². The van der Waals surface area contributed by atoms with E-state index in [1.807, 2.05) is 6.92 Å². The van der Waals surface area contributed by atoms with E-state index >= 15 is 0 Å². The van der Waals surface area contributed by atoms with Crippen LogP contribution >= 0.6 is 0 Å². The fraction of sp³-hybridized carbons (Fsp3) is 0.889. The summed E-state index contributed by atoms with van der Waals surface area (Å²) < 4.78 is 21.5. The number of rotatable bonds is 7. The summed E-state index contributed by atoms with van der Waals surface area (Å²) in [7, 11) is -2.92. The molecule has 0 aliphatic heterocycles. The lowest BCUT2D eigenvalue weighted by Gasteiger charge is -2.08. The van der Waals surface area contributed by atoms with Crippen molar-refractivity contribution in [3.05, 3.63) is 0 Å². The van der Waals surface area contributed by atoms with E-state index in [0.29, 0.717) is 25.9 Å². The molecule has 0 heterocycles. The van der Waals surface area contributed by atoms with Gasteiger partial charge in [0.25, 0.3) is 0 Å². The summed E-state index contributed by atoms with van der Waals surface area (Å²) in [6, 6.07) is 0. The van der Waals surface area contributed by atoms with E-state index in [1.54, 1.807) is 0 Å². The molecule has 1 unspecified atom stereocenters. The summed E-state index contributed by atoms with van der Waals surface area (Å²) in [5.74, 6) is 0.209. The van der Waals surface area contributed by atoms with E-state index < -0.39 is 9.84 Å². The van der Waals surface area contributed by atoms with Crippen LogP contribution in [-0.2, 0) is 14.6 Å². The summed E-state index contributed by atoms with van der Waals surface area (Å²) in [6.07, 6.45) is 2.04. The number of hydrogen-bond acceptors (Lipinski definition) is 4. The fourth-order valence-electron chi connectivity index (χ4n) is 1.03. The highest BCUT2D eigenvalue weighted by molar-refractivity contribution is 7.90. The average molecular weight is 236 g/mol. The van der Waals surface area contributed by atoms with E-state index in [9.17, 15) is 13.2 Å². The maximum atomic E-state index is 11.2. The second kappa shape index (κ2) is 6.79. The van der Waals surface area contributed by atoms with E-state index in [0.717, 1.165) is 0 Å². The van der Waals surface area contributed by atoms with Crippen molar-refractivity contribution in [1.29, 1.82) is 0 Å². The Morgan fingerprint density at radius 1 is 1.47 bits per heavy atom. The Hall–Kier alpha value is -0.620. The zero-order chi connectivity index (χ0) is 11.9. The molecule has 0 saturated carbocycles. The van der Waals surface area contributed by atoms with Gasteiger partial charge in [0.1, 0.15) is 9.84 Å². The minimum Gasteiger partial charge on any atom is -0.356 e. The van der Waals surface area contributed by atoms with Crippen LogP contribution < -0.4 is 11.1 Å². The predicted molar refractivity (Wildman–Crippen MR) is 60.2 cm³/mol. The molecule has 5 nitrogen and oxygen atoms in total. The first-order chi connectivity index (χ1) is 6.85. The van der Waals surface area contributed by atoms with E-state index in [1.165, 1.54) is 6.26 Å². The van der Waals surface area contributed by atoms with Crippen LogP contribution in [0.4, 0.5) is 0 Å². The molecule has 1 amide bonds. The van der Waals surface area contributed by atoms with Crippen LogP contribution in [0.5, 0.6) is 0 Å². The summed E-state index contributed by atoms with van der Waals surface area (Å²) in [6.45, 7) is 2.79. The molecule has 1 atom stereocenters. The zero-order valence-corrected chi connectivity index (χ0v) is 10.1. The maximum Gasteiger partial charge on any atom is 0.220 e. The molecule has 0 fully saturated rings. The molecule has 0 spiro atoms. The molecule has 0 rings (SSSR count). The monoisotopic (exact) mass is 236 g/mol. The second-order valence-corrected chi connectivity index (χ2v) is 6.14. The molecular formula is C9H20N2O3S. The smallest absolute Gasteiger partial charge is 0.220 e. The maximum absolute atomic E-state index is 11.2. The quantitative estimate of drug-likeness (QED) is 0.584. The molecule has 0 saturated heterocycles. The molecule has 0 aromatic rings. The molecular weight excluding hydrogens is 216 g/mol. The summed E-state index contributed by atoms with van der Waals surface area (Å²) >= 11 is 0. The normalized spacial score (nSPS) is 13.5.